The molecule has 2 fully saturated rings. The van der Waals surface area contributed by atoms with E-state index in [9.17, 15) is 9.59 Å². The second-order valence-electron chi connectivity index (χ2n) is 5.89. The molecule has 5 heteroatoms. The van der Waals surface area contributed by atoms with Gasteiger partial charge in [0.05, 0.1) is 6.42 Å². The standard InChI is InChI=1S/C14H24N2O3/c1-11-5-8-15(9-6-11)14(19)16-7-3-2-4-12(16)10-13(17)18/h11-12H,2-10H2,1H3,(H,17,18). The molecule has 2 saturated heterocycles. The highest BCUT2D eigenvalue weighted by atomic mass is 16.4. The molecule has 2 amide bonds. The molecule has 0 radical (unpaired) electrons. The van der Waals surface area contributed by atoms with Crippen LogP contribution >= 0.6 is 0 Å². The average Bonchev–Trinajstić information content (AvgIpc) is 2.39. The molecule has 0 bridgehead atoms. The first-order valence-electron chi connectivity index (χ1n) is 7.35. The molecule has 19 heavy (non-hydrogen) atoms. The molecule has 0 aromatic rings. The molecule has 1 unspecified atom stereocenters. The van der Waals surface area contributed by atoms with Crippen molar-refractivity contribution >= 4 is 12.0 Å². The summed E-state index contributed by atoms with van der Waals surface area (Å²) in [4.78, 5) is 27.1. The van der Waals surface area contributed by atoms with E-state index in [0.717, 1.165) is 45.2 Å². The van der Waals surface area contributed by atoms with E-state index in [0.29, 0.717) is 12.5 Å². The Morgan fingerprint density at radius 2 is 1.79 bits per heavy atom. The van der Waals surface area contributed by atoms with Crippen LogP contribution in [0.5, 0.6) is 0 Å². The number of rotatable bonds is 2. The highest BCUT2D eigenvalue weighted by Crippen LogP contribution is 2.23. The van der Waals surface area contributed by atoms with Crippen LogP contribution in [0.1, 0.15) is 45.4 Å². The van der Waals surface area contributed by atoms with Gasteiger partial charge in [-0.3, -0.25) is 4.79 Å². The lowest BCUT2D eigenvalue weighted by Crippen LogP contribution is -2.52. The van der Waals surface area contributed by atoms with Gasteiger partial charge in [0.1, 0.15) is 0 Å². The van der Waals surface area contributed by atoms with Crippen LogP contribution in [0.15, 0.2) is 0 Å². The number of carbonyl (C=O) groups is 2. The van der Waals surface area contributed by atoms with Crippen molar-refractivity contribution in [1.29, 1.82) is 0 Å². The van der Waals surface area contributed by atoms with Gasteiger partial charge in [-0.25, -0.2) is 4.79 Å². The lowest BCUT2D eigenvalue weighted by molar-refractivity contribution is -0.138. The number of hydrogen-bond donors (Lipinski definition) is 1. The van der Waals surface area contributed by atoms with Crippen molar-refractivity contribution in [2.45, 2.75) is 51.5 Å². The number of amides is 2. The molecule has 1 atom stereocenters. The molecule has 2 rings (SSSR count). The van der Waals surface area contributed by atoms with Crippen molar-refractivity contribution in [2.75, 3.05) is 19.6 Å². The number of urea groups is 1. The number of aliphatic carboxylic acids is 1. The Morgan fingerprint density at radius 1 is 1.11 bits per heavy atom. The molecule has 0 aromatic heterocycles. The SMILES string of the molecule is CC1CCN(C(=O)N2CCCCC2CC(=O)O)CC1. The van der Waals surface area contributed by atoms with Gasteiger partial charge in [0, 0.05) is 25.7 Å². The Balaban J connectivity index is 1.96. The molecule has 2 aliphatic rings. The number of carbonyl (C=O) groups excluding carboxylic acids is 1. The van der Waals surface area contributed by atoms with Crippen molar-refractivity contribution in [3.05, 3.63) is 0 Å². The van der Waals surface area contributed by atoms with Gasteiger partial charge in [-0.05, 0) is 38.0 Å². The van der Waals surface area contributed by atoms with Crippen LogP contribution in [0.3, 0.4) is 0 Å². The first kappa shape index (κ1) is 14.2. The topological polar surface area (TPSA) is 60.9 Å². The Bertz CT molecular complexity index is 338. The largest absolute Gasteiger partial charge is 0.481 e. The highest BCUT2D eigenvalue weighted by molar-refractivity contribution is 5.76. The van der Waals surface area contributed by atoms with Crippen molar-refractivity contribution in [1.82, 2.24) is 9.80 Å². The summed E-state index contributed by atoms with van der Waals surface area (Å²) in [6, 6.07) is -0.0593. The quantitative estimate of drug-likeness (QED) is 0.835. The Morgan fingerprint density at radius 3 is 2.42 bits per heavy atom. The molecule has 5 nitrogen and oxygen atoms in total. The molecule has 0 saturated carbocycles. The van der Waals surface area contributed by atoms with Gasteiger partial charge in [-0.15, -0.1) is 0 Å². The number of carboxylic acids is 1. The van der Waals surface area contributed by atoms with E-state index in [2.05, 4.69) is 6.92 Å². The molecule has 108 valence electrons. The molecular formula is C14H24N2O3. The van der Waals surface area contributed by atoms with E-state index in [1.165, 1.54) is 0 Å². The molecule has 1 N–H and O–H groups in total. The Labute approximate surface area is 114 Å². The summed E-state index contributed by atoms with van der Waals surface area (Å²) in [7, 11) is 0. The average molecular weight is 268 g/mol. The second-order valence-corrected chi connectivity index (χ2v) is 5.89. The maximum atomic E-state index is 12.5. The predicted octanol–water partition coefficient (Wildman–Crippen LogP) is 2.17. The fraction of sp³-hybridized carbons (Fsp3) is 0.857. The maximum absolute atomic E-state index is 12.5. The molecule has 0 aliphatic carbocycles. The third-order valence-electron chi connectivity index (χ3n) is 4.34. The van der Waals surface area contributed by atoms with Gasteiger partial charge >= 0.3 is 12.0 Å². The monoisotopic (exact) mass is 268 g/mol. The zero-order valence-corrected chi connectivity index (χ0v) is 11.7. The molecule has 0 spiro atoms. The van der Waals surface area contributed by atoms with Crippen LogP contribution in [-0.4, -0.2) is 52.6 Å². The summed E-state index contributed by atoms with van der Waals surface area (Å²) in [6.45, 7) is 4.56. The minimum Gasteiger partial charge on any atom is -0.481 e. The van der Waals surface area contributed by atoms with Gasteiger partial charge in [0.15, 0.2) is 0 Å². The molecule has 0 aromatic carbocycles. The lowest BCUT2D eigenvalue weighted by atomic mass is 9.98. The smallest absolute Gasteiger partial charge is 0.320 e. The van der Waals surface area contributed by atoms with Crippen LogP contribution in [0, 0.1) is 5.92 Å². The molecule has 2 heterocycles. The summed E-state index contributed by atoms with van der Waals surface area (Å²) >= 11 is 0. The number of carboxylic acid groups (broad SMARTS) is 1. The number of piperidine rings is 2. The minimum atomic E-state index is -0.808. The number of hydrogen-bond acceptors (Lipinski definition) is 2. The second kappa shape index (κ2) is 6.26. The van der Waals surface area contributed by atoms with E-state index in [4.69, 9.17) is 5.11 Å². The normalized spacial score (nSPS) is 25.4. The summed E-state index contributed by atoms with van der Waals surface area (Å²) < 4.78 is 0. The Hall–Kier alpha value is -1.26. The highest BCUT2D eigenvalue weighted by Gasteiger charge is 2.32. The number of nitrogens with zero attached hydrogens (tertiary/aromatic N) is 2. The maximum Gasteiger partial charge on any atom is 0.320 e. The van der Waals surface area contributed by atoms with Gasteiger partial charge in [-0.1, -0.05) is 6.92 Å². The Kier molecular flexibility index (Phi) is 4.66. The van der Waals surface area contributed by atoms with E-state index < -0.39 is 5.97 Å². The van der Waals surface area contributed by atoms with E-state index in [1.807, 2.05) is 4.90 Å². The zero-order chi connectivity index (χ0) is 13.8. The third kappa shape index (κ3) is 3.61. The first-order valence-corrected chi connectivity index (χ1v) is 7.35. The summed E-state index contributed by atoms with van der Waals surface area (Å²) in [5.41, 5.74) is 0. The summed E-state index contributed by atoms with van der Waals surface area (Å²) in [6.07, 6.45) is 5.04. The van der Waals surface area contributed by atoms with Crippen molar-refractivity contribution in [3.8, 4) is 0 Å². The van der Waals surface area contributed by atoms with Gasteiger partial charge in [-0.2, -0.15) is 0 Å². The molecular weight excluding hydrogens is 244 g/mol. The minimum absolute atomic E-state index is 0.0536. The van der Waals surface area contributed by atoms with E-state index >= 15 is 0 Å². The first-order chi connectivity index (χ1) is 9.08. The van der Waals surface area contributed by atoms with Gasteiger partial charge in [0.2, 0.25) is 0 Å². The molecule has 2 aliphatic heterocycles. The van der Waals surface area contributed by atoms with Crippen molar-refractivity contribution < 1.29 is 14.7 Å². The summed E-state index contributed by atoms with van der Waals surface area (Å²) in [5, 5.41) is 8.96. The van der Waals surface area contributed by atoms with Crippen LogP contribution in [-0.2, 0) is 4.79 Å². The predicted molar refractivity (Wildman–Crippen MR) is 72.0 cm³/mol. The number of likely N-dealkylation sites (tertiary alicyclic amines) is 2. The van der Waals surface area contributed by atoms with E-state index in [-0.39, 0.29) is 18.5 Å². The lowest BCUT2D eigenvalue weighted by Gasteiger charge is -2.40. The zero-order valence-electron chi connectivity index (χ0n) is 11.7. The third-order valence-corrected chi connectivity index (χ3v) is 4.34. The fourth-order valence-corrected chi connectivity index (χ4v) is 3.05. The van der Waals surface area contributed by atoms with Crippen LogP contribution < -0.4 is 0 Å². The van der Waals surface area contributed by atoms with Crippen molar-refractivity contribution in [2.24, 2.45) is 5.92 Å². The van der Waals surface area contributed by atoms with Crippen LogP contribution in [0.25, 0.3) is 0 Å². The van der Waals surface area contributed by atoms with Crippen molar-refractivity contribution in [3.63, 3.8) is 0 Å². The van der Waals surface area contributed by atoms with E-state index in [1.54, 1.807) is 4.90 Å². The van der Waals surface area contributed by atoms with Gasteiger partial charge in [0.25, 0.3) is 0 Å². The van der Waals surface area contributed by atoms with Crippen LogP contribution in [0.4, 0.5) is 4.79 Å². The summed E-state index contributed by atoms with van der Waals surface area (Å²) in [5.74, 6) is -0.114. The van der Waals surface area contributed by atoms with Gasteiger partial charge < -0.3 is 14.9 Å². The fourth-order valence-electron chi connectivity index (χ4n) is 3.05. The van der Waals surface area contributed by atoms with Crippen LogP contribution in [0.2, 0.25) is 0 Å².